The second-order valence-electron chi connectivity index (χ2n) is 3.83. The standard InChI is InChI=1S/C13H14ClNOS/c1-9-2-3-11(14)12(6-9)16-13(7-15)10-4-5-17-8-10/h2-6,8,13H,7,15H2,1H3. The van der Waals surface area contributed by atoms with Crippen LogP contribution in [0, 0.1) is 6.92 Å². The predicted molar refractivity (Wildman–Crippen MR) is 72.9 cm³/mol. The Hall–Kier alpha value is -1.03. The Balaban J connectivity index is 2.21. The molecule has 0 spiro atoms. The van der Waals surface area contributed by atoms with Gasteiger partial charge in [0.15, 0.2) is 0 Å². The highest BCUT2D eigenvalue weighted by Crippen LogP contribution is 2.30. The van der Waals surface area contributed by atoms with Gasteiger partial charge in [0.1, 0.15) is 11.9 Å². The van der Waals surface area contributed by atoms with Crippen LogP contribution in [0.2, 0.25) is 5.02 Å². The fourth-order valence-electron chi connectivity index (χ4n) is 1.56. The maximum absolute atomic E-state index is 6.10. The van der Waals surface area contributed by atoms with Crippen LogP contribution in [0.25, 0.3) is 0 Å². The van der Waals surface area contributed by atoms with Crippen LogP contribution >= 0.6 is 22.9 Å². The average Bonchev–Trinajstić information content (AvgIpc) is 2.84. The molecule has 1 unspecified atom stereocenters. The van der Waals surface area contributed by atoms with E-state index in [9.17, 15) is 0 Å². The Kier molecular flexibility index (Phi) is 4.05. The SMILES string of the molecule is Cc1ccc(Cl)c(OC(CN)c2ccsc2)c1. The van der Waals surface area contributed by atoms with E-state index in [4.69, 9.17) is 22.1 Å². The molecule has 2 aromatic rings. The molecule has 0 radical (unpaired) electrons. The minimum Gasteiger partial charge on any atom is -0.483 e. The lowest BCUT2D eigenvalue weighted by atomic mass is 10.2. The first-order valence-electron chi connectivity index (χ1n) is 5.35. The fourth-order valence-corrected chi connectivity index (χ4v) is 2.43. The number of benzene rings is 1. The van der Waals surface area contributed by atoms with Crippen molar-refractivity contribution in [2.75, 3.05) is 6.54 Å². The summed E-state index contributed by atoms with van der Waals surface area (Å²) in [5, 5.41) is 4.67. The highest BCUT2D eigenvalue weighted by molar-refractivity contribution is 7.07. The normalized spacial score (nSPS) is 12.4. The first kappa shape index (κ1) is 12.4. The van der Waals surface area contributed by atoms with Crippen molar-refractivity contribution in [2.24, 2.45) is 5.73 Å². The van der Waals surface area contributed by atoms with Gasteiger partial charge in [0.2, 0.25) is 0 Å². The Labute approximate surface area is 110 Å². The quantitative estimate of drug-likeness (QED) is 0.915. The molecule has 0 aliphatic carbocycles. The van der Waals surface area contributed by atoms with Crippen LogP contribution in [0.4, 0.5) is 0 Å². The molecule has 2 N–H and O–H groups in total. The molecular weight excluding hydrogens is 254 g/mol. The molecule has 0 amide bonds. The minimum absolute atomic E-state index is 0.138. The van der Waals surface area contributed by atoms with Gasteiger partial charge in [-0.25, -0.2) is 0 Å². The Morgan fingerprint density at radius 1 is 1.41 bits per heavy atom. The largest absolute Gasteiger partial charge is 0.483 e. The van der Waals surface area contributed by atoms with E-state index >= 15 is 0 Å². The van der Waals surface area contributed by atoms with Crippen molar-refractivity contribution in [3.8, 4) is 5.75 Å². The van der Waals surface area contributed by atoms with Crippen LogP contribution in [0.3, 0.4) is 0 Å². The van der Waals surface area contributed by atoms with E-state index in [0.29, 0.717) is 17.3 Å². The lowest BCUT2D eigenvalue weighted by Gasteiger charge is -2.17. The second kappa shape index (κ2) is 5.54. The van der Waals surface area contributed by atoms with Gasteiger partial charge in [-0.05, 0) is 41.4 Å². The number of nitrogens with two attached hydrogens (primary N) is 1. The van der Waals surface area contributed by atoms with Crippen molar-refractivity contribution < 1.29 is 4.74 Å². The molecular formula is C13H14ClNOS. The lowest BCUT2D eigenvalue weighted by Crippen LogP contribution is -2.18. The molecule has 1 aromatic carbocycles. The third kappa shape index (κ3) is 3.00. The van der Waals surface area contributed by atoms with Crippen molar-refractivity contribution in [3.05, 3.63) is 51.2 Å². The van der Waals surface area contributed by atoms with E-state index in [0.717, 1.165) is 11.1 Å². The summed E-state index contributed by atoms with van der Waals surface area (Å²) in [6.45, 7) is 2.44. The number of hydrogen-bond acceptors (Lipinski definition) is 3. The summed E-state index contributed by atoms with van der Waals surface area (Å²) in [5.74, 6) is 0.688. The maximum atomic E-state index is 6.10. The van der Waals surface area contributed by atoms with Crippen LogP contribution in [0.15, 0.2) is 35.0 Å². The molecule has 4 heteroatoms. The van der Waals surface area contributed by atoms with Crippen molar-refractivity contribution in [1.82, 2.24) is 0 Å². The number of halogens is 1. The smallest absolute Gasteiger partial charge is 0.139 e. The first-order chi connectivity index (χ1) is 8.20. The van der Waals surface area contributed by atoms with Crippen molar-refractivity contribution in [3.63, 3.8) is 0 Å². The highest BCUT2D eigenvalue weighted by Gasteiger charge is 2.13. The summed E-state index contributed by atoms with van der Waals surface area (Å²) in [4.78, 5) is 0. The van der Waals surface area contributed by atoms with Crippen LogP contribution in [0.5, 0.6) is 5.75 Å². The van der Waals surface area contributed by atoms with E-state index < -0.39 is 0 Å². The van der Waals surface area contributed by atoms with Gasteiger partial charge in [-0.3, -0.25) is 0 Å². The van der Waals surface area contributed by atoms with Crippen LogP contribution in [-0.2, 0) is 0 Å². The lowest BCUT2D eigenvalue weighted by molar-refractivity contribution is 0.215. The van der Waals surface area contributed by atoms with Crippen molar-refractivity contribution in [2.45, 2.75) is 13.0 Å². The second-order valence-corrected chi connectivity index (χ2v) is 5.02. The molecule has 0 saturated carbocycles. The van der Waals surface area contributed by atoms with Gasteiger partial charge >= 0.3 is 0 Å². The summed E-state index contributed by atoms with van der Waals surface area (Å²) >= 11 is 7.73. The van der Waals surface area contributed by atoms with Gasteiger partial charge in [0, 0.05) is 12.1 Å². The summed E-state index contributed by atoms with van der Waals surface area (Å²) in [5.41, 5.74) is 7.95. The molecule has 1 heterocycles. The molecule has 1 atom stereocenters. The Bertz CT molecular complexity index is 484. The summed E-state index contributed by atoms with van der Waals surface area (Å²) < 4.78 is 5.87. The van der Waals surface area contributed by atoms with Crippen LogP contribution < -0.4 is 10.5 Å². The molecule has 1 aromatic heterocycles. The first-order valence-corrected chi connectivity index (χ1v) is 6.67. The number of ether oxygens (including phenoxy) is 1. The third-order valence-electron chi connectivity index (χ3n) is 2.48. The molecule has 2 nitrogen and oxygen atoms in total. The van der Waals surface area contributed by atoms with E-state index in [2.05, 4.69) is 0 Å². The summed E-state index contributed by atoms with van der Waals surface area (Å²) in [7, 11) is 0. The van der Waals surface area contributed by atoms with Crippen LogP contribution in [0.1, 0.15) is 17.2 Å². The van der Waals surface area contributed by atoms with E-state index in [1.54, 1.807) is 11.3 Å². The minimum atomic E-state index is -0.138. The third-order valence-corrected chi connectivity index (χ3v) is 3.50. The van der Waals surface area contributed by atoms with E-state index in [1.165, 1.54) is 0 Å². The monoisotopic (exact) mass is 267 g/mol. The summed E-state index contributed by atoms with van der Waals surface area (Å²) in [6, 6.07) is 7.74. The molecule has 90 valence electrons. The van der Waals surface area contributed by atoms with Gasteiger partial charge in [-0.2, -0.15) is 11.3 Å². The van der Waals surface area contributed by atoms with Gasteiger partial charge < -0.3 is 10.5 Å². The molecule has 0 aliphatic rings. The maximum Gasteiger partial charge on any atom is 0.139 e. The average molecular weight is 268 g/mol. The molecule has 0 aliphatic heterocycles. The van der Waals surface area contributed by atoms with Crippen molar-refractivity contribution in [1.29, 1.82) is 0 Å². The zero-order chi connectivity index (χ0) is 12.3. The van der Waals surface area contributed by atoms with Gasteiger partial charge in [-0.1, -0.05) is 17.7 Å². The molecule has 0 fully saturated rings. The zero-order valence-corrected chi connectivity index (χ0v) is 11.1. The fraction of sp³-hybridized carbons (Fsp3) is 0.231. The Morgan fingerprint density at radius 3 is 2.88 bits per heavy atom. The van der Waals surface area contributed by atoms with Gasteiger partial charge in [-0.15, -0.1) is 0 Å². The number of hydrogen-bond donors (Lipinski definition) is 1. The molecule has 0 bridgehead atoms. The zero-order valence-electron chi connectivity index (χ0n) is 9.52. The molecule has 17 heavy (non-hydrogen) atoms. The summed E-state index contributed by atoms with van der Waals surface area (Å²) in [6.07, 6.45) is -0.138. The molecule has 2 rings (SSSR count). The predicted octanol–water partition coefficient (Wildman–Crippen LogP) is 3.79. The number of rotatable bonds is 4. The number of aryl methyl sites for hydroxylation is 1. The van der Waals surface area contributed by atoms with E-state index in [-0.39, 0.29) is 6.10 Å². The topological polar surface area (TPSA) is 35.2 Å². The van der Waals surface area contributed by atoms with Gasteiger partial charge in [0.25, 0.3) is 0 Å². The molecule has 0 saturated heterocycles. The Morgan fingerprint density at radius 2 is 2.24 bits per heavy atom. The highest BCUT2D eigenvalue weighted by atomic mass is 35.5. The van der Waals surface area contributed by atoms with Crippen LogP contribution in [-0.4, -0.2) is 6.54 Å². The van der Waals surface area contributed by atoms with Crippen molar-refractivity contribution >= 4 is 22.9 Å². The van der Waals surface area contributed by atoms with E-state index in [1.807, 2.05) is 41.9 Å². The van der Waals surface area contributed by atoms with Gasteiger partial charge in [0.05, 0.1) is 5.02 Å². The number of thiophene rings is 1.